The zero-order chi connectivity index (χ0) is 24.0. The lowest BCUT2D eigenvalue weighted by atomic mass is 9.79. The summed E-state index contributed by atoms with van der Waals surface area (Å²) in [5, 5.41) is 9.91. The van der Waals surface area contributed by atoms with E-state index in [1.807, 2.05) is 48.5 Å². The summed E-state index contributed by atoms with van der Waals surface area (Å²) in [6.45, 7) is 4.22. The van der Waals surface area contributed by atoms with Gasteiger partial charge in [0, 0.05) is 12.3 Å². The van der Waals surface area contributed by atoms with Gasteiger partial charge in [0.2, 0.25) is 0 Å². The first-order chi connectivity index (χ1) is 16.5. The van der Waals surface area contributed by atoms with Crippen LogP contribution in [0.2, 0.25) is 0 Å². The maximum Gasteiger partial charge on any atom is 0.410 e. The van der Waals surface area contributed by atoms with E-state index in [-0.39, 0.29) is 32.1 Å². The predicted molar refractivity (Wildman–Crippen MR) is 130 cm³/mol. The highest BCUT2D eigenvalue weighted by molar-refractivity contribution is 5.81. The largest absolute Gasteiger partial charge is 0.480 e. The topological polar surface area (TPSA) is 76.1 Å². The first-order valence-corrected chi connectivity index (χ1v) is 11.4. The molecule has 6 nitrogen and oxygen atoms in total. The third-order valence-corrected chi connectivity index (χ3v) is 6.45. The maximum atomic E-state index is 12.9. The van der Waals surface area contributed by atoms with E-state index >= 15 is 0 Å². The van der Waals surface area contributed by atoms with Crippen molar-refractivity contribution in [1.29, 1.82) is 0 Å². The van der Waals surface area contributed by atoms with Crippen molar-refractivity contribution in [1.82, 2.24) is 4.90 Å². The molecule has 2 aromatic carbocycles. The number of allylic oxidation sites excluding steroid dienone is 3. The van der Waals surface area contributed by atoms with E-state index in [0.29, 0.717) is 6.42 Å². The van der Waals surface area contributed by atoms with Gasteiger partial charge in [0.25, 0.3) is 0 Å². The first kappa shape index (κ1) is 23.5. The maximum absolute atomic E-state index is 12.9. The lowest BCUT2D eigenvalue weighted by Gasteiger charge is -2.36. The number of hydrogen-bond donors (Lipinski definition) is 1. The second kappa shape index (κ2) is 10.5. The number of hydrogen-bond acceptors (Lipinski definition) is 4. The summed E-state index contributed by atoms with van der Waals surface area (Å²) >= 11 is 0. The van der Waals surface area contributed by atoms with Crippen LogP contribution < -0.4 is 0 Å². The molecule has 2 aliphatic rings. The summed E-state index contributed by atoms with van der Waals surface area (Å²) in [5.41, 5.74) is 2.23. The van der Waals surface area contributed by atoms with Gasteiger partial charge in [-0.3, -0.25) is 4.90 Å². The normalized spacial score (nSPS) is 23.9. The fourth-order valence-electron chi connectivity index (χ4n) is 4.68. The van der Waals surface area contributed by atoms with E-state index < -0.39 is 23.7 Å². The Bertz CT molecular complexity index is 1080. The second-order valence-corrected chi connectivity index (χ2v) is 8.62. The minimum Gasteiger partial charge on any atom is -0.480 e. The number of carboxylic acids is 1. The summed E-state index contributed by atoms with van der Waals surface area (Å²) in [7, 11) is 0. The van der Waals surface area contributed by atoms with Crippen LogP contribution in [0.25, 0.3) is 5.57 Å². The van der Waals surface area contributed by atoms with Crippen LogP contribution in [0.4, 0.5) is 4.79 Å². The number of amides is 1. The number of rotatable bonds is 8. The highest BCUT2D eigenvalue weighted by atomic mass is 16.6. The van der Waals surface area contributed by atoms with E-state index in [2.05, 4.69) is 36.9 Å². The molecule has 0 spiro atoms. The number of carboxylic acid groups (broad SMARTS) is 1. The lowest BCUT2D eigenvalue weighted by molar-refractivity contribution is -0.142. The molecule has 0 radical (unpaired) electrons. The Labute approximate surface area is 199 Å². The average Bonchev–Trinajstić information content (AvgIpc) is 3.29. The van der Waals surface area contributed by atoms with Crippen LogP contribution in [0.1, 0.15) is 24.0 Å². The molecule has 2 aromatic rings. The number of aliphatic carboxylic acids is 1. The molecule has 1 aliphatic carbocycles. The van der Waals surface area contributed by atoms with Crippen LogP contribution in [0.15, 0.2) is 91.5 Å². The summed E-state index contributed by atoms with van der Waals surface area (Å²) in [4.78, 5) is 26.4. The molecule has 1 heterocycles. The van der Waals surface area contributed by atoms with Crippen LogP contribution in [-0.4, -0.2) is 46.9 Å². The summed E-state index contributed by atoms with van der Waals surface area (Å²) in [5.74, 6) is -1.16. The highest BCUT2D eigenvalue weighted by Gasteiger charge is 2.53. The standard InChI is InChI=1S/C28H29NO5/c1-2-17-34-28(24-15-13-23(14-16-24)22-11-7-4-8-12-22)18-25(26(30)31)29(20-28)27(32)33-19-21-9-5-3-6-10-21/h2-15,24-25H,1,16-20H2,(H,30,31)/t24?,25-,28-/m0/s1. The molecule has 1 amide bonds. The molecule has 0 bridgehead atoms. The molecule has 176 valence electrons. The van der Waals surface area contributed by atoms with Crippen molar-refractivity contribution in [3.8, 4) is 0 Å². The molecule has 0 aromatic heterocycles. The van der Waals surface area contributed by atoms with Gasteiger partial charge in [0.15, 0.2) is 0 Å². The number of ether oxygens (including phenoxy) is 2. The van der Waals surface area contributed by atoms with Crippen LogP contribution in [0.5, 0.6) is 0 Å². The van der Waals surface area contributed by atoms with Gasteiger partial charge in [-0.05, 0) is 23.1 Å². The molecule has 1 aliphatic heterocycles. The Kier molecular flexibility index (Phi) is 7.28. The predicted octanol–water partition coefficient (Wildman–Crippen LogP) is 5.08. The molecule has 1 fully saturated rings. The molecular weight excluding hydrogens is 430 g/mol. The number of benzene rings is 2. The molecule has 6 heteroatoms. The minimum absolute atomic E-state index is 0.0789. The van der Waals surface area contributed by atoms with Crippen molar-refractivity contribution >= 4 is 17.6 Å². The van der Waals surface area contributed by atoms with Gasteiger partial charge in [-0.1, -0.05) is 85.0 Å². The summed E-state index contributed by atoms with van der Waals surface area (Å²) < 4.78 is 11.7. The van der Waals surface area contributed by atoms with Gasteiger partial charge in [-0.15, -0.1) is 6.58 Å². The zero-order valence-corrected chi connectivity index (χ0v) is 19.0. The van der Waals surface area contributed by atoms with Crippen molar-refractivity contribution in [2.75, 3.05) is 13.2 Å². The van der Waals surface area contributed by atoms with Crippen LogP contribution in [-0.2, 0) is 20.9 Å². The van der Waals surface area contributed by atoms with E-state index in [4.69, 9.17) is 9.47 Å². The third-order valence-electron chi connectivity index (χ3n) is 6.45. The molecule has 1 unspecified atom stereocenters. The van der Waals surface area contributed by atoms with Gasteiger partial charge < -0.3 is 14.6 Å². The van der Waals surface area contributed by atoms with Crippen LogP contribution in [0.3, 0.4) is 0 Å². The Morgan fingerprint density at radius 2 is 1.82 bits per heavy atom. The van der Waals surface area contributed by atoms with E-state index in [1.165, 1.54) is 4.90 Å². The molecule has 1 saturated heterocycles. The minimum atomic E-state index is -1.07. The monoisotopic (exact) mass is 459 g/mol. The number of carbonyl (C=O) groups excluding carboxylic acids is 1. The van der Waals surface area contributed by atoms with Crippen molar-refractivity contribution in [3.05, 3.63) is 103 Å². The van der Waals surface area contributed by atoms with E-state index in [0.717, 1.165) is 16.7 Å². The van der Waals surface area contributed by atoms with Gasteiger partial charge >= 0.3 is 12.1 Å². The lowest BCUT2D eigenvalue weighted by Crippen LogP contribution is -2.45. The highest BCUT2D eigenvalue weighted by Crippen LogP contribution is 2.42. The second-order valence-electron chi connectivity index (χ2n) is 8.62. The van der Waals surface area contributed by atoms with Crippen molar-refractivity contribution < 1.29 is 24.2 Å². The molecular formula is C28H29NO5. The van der Waals surface area contributed by atoms with Gasteiger partial charge in [0.1, 0.15) is 12.6 Å². The van der Waals surface area contributed by atoms with Gasteiger partial charge in [0.05, 0.1) is 18.8 Å². The Morgan fingerprint density at radius 1 is 1.12 bits per heavy atom. The quantitative estimate of drug-likeness (QED) is 0.557. The molecule has 0 saturated carbocycles. The molecule has 1 N–H and O–H groups in total. The van der Waals surface area contributed by atoms with Crippen LogP contribution in [0, 0.1) is 5.92 Å². The van der Waals surface area contributed by atoms with Gasteiger partial charge in [-0.2, -0.15) is 0 Å². The van der Waals surface area contributed by atoms with Crippen molar-refractivity contribution in [3.63, 3.8) is 0 Å². The Morgan fingerprint density at radius 3 is 2.44 bits per heavy atom. The van der Waals surface area contributed by atoms with Crippen molar-refractivity contribution in [2.24, 2.45) is 5.92 Å². The fourth-order valence-corrected chi connectivity index (χ4v) is 4.68. The Hall–Kier alpha value is -3.64. The molecule has 34 heavy (non-hydrogen) atoms. The van der Waals surface area contributed by atoms with E-state index in [1.54, 1.807) is 6.08 Å². The SMILES string of the molecule is C=CCO[C@@]1(C2C=CC(c3ccccc3)=CC2)C[C@@H](C(=O)O)N(C(=O)OCc2ccccc2)C1. The zero-order valence-electron chi connectivity index (χ0n) is 19.0. The first-order valence-electron chi connectivity index (χ1n) is 11.4. The van der Waals surface area contributed by atoms with Crippen LogP contribution >= 0.6 is 0 Å². The van der Waals surface area contributed by atoms with Gasteiger partial charge in [-0.25, -0.2) is 9.59 Å². The van der Waals surface area contributed by atoms with E-state index in [9.17, 15) is 14.7 Å². The third kappa shape index (κ3) is 5.13. The average molecular weight is 460 g/mol. The molecule has 4 rings (SSSR count). The molecule has 3 atom stereocenters. The Balaban J connectivity index is 1.53. The smallest absolute Gasteiger partial charge is 0.410 e. The number of nitrogens with zero attached hydrogens (tertiary/aromatic N) is 1. The summed E-state index contributed by atoms with van der Waals surface area (Å²) in [6.07, 6.45) is 8.12. The number of likely N-dealkylation sites (tertiary alicyclic amines) is 1. The van der Waals surface area contributed by atoms with Crippen molar-refractivity contribution in [2.45, 2.75) is 31.1 Å². The summed E-state index contributed by atoms with van der Waals surface area (Å²) in [6, 6.07) is 18.4. The fraction of sp³-hybridized carbons (Fsp3) is 0.286. The number of carbonyl (C=O) groups is 2.